The van der Waals surface area contributed by atoms with Crippen LogP contribution in [0.5, 0.6) is 5.75 Å². The Kier molecular flexibility index (Phi) is 8.27. The van der Waals surface area contributed by atoms with E-state index in [4.69, 9.17) is 4.74 Å². The molecule has 0 aliphatic carbocycles. The number of carbonyl (C=O) groups excluding carboxylic acids is 1. The van der Waals surface area contributed by atoms with Crippen LogP contribution in [0.4, 0.5) is 0 Å². The number of amides is 1. The van der Waals surface area contributed by atoms with Gasteiger partial charge in [-0.05, 0) is 66.3 Å². The summed E-state index contributed by atoms with van der Waals surface area (Å²) in [6, 6.07) is 15.8. The molecule has 3 aromatic rings. The van der Waals surface area contributed by atoms with Crippen molar-refractivity contribution in [2.45, 2.75) is 26.0 Å². The molecule has 166 valence electrons. The molecule has 3 rings (SSSR count). The van der Waals surface area contributed by atoms with Crippen molar-refractivity contribution in [2.24, 2.45) is 0 Å². The molecule has 1 unspecified atom stereocenters. The minimum Gasteiger partial charge on any atom is -0.489 e. The van der Waals surface area contributed by atoms with Crippen LogP contribution in [0.2, 0.25) is 0 Å². The first kappa shape index (κ1) is 23.3. The van der Waals surface area contributed by atoms with Gasteiger partial charge in [0.15, 0.2) is 0 Å². The Morgan fingerprint density at radius 1 is 1.12 bits per heavy atom. The van der Waals surface area contributed by atoms with E-state index in [1.807, 2.05) is 55.6 Å². The van der Waals surface area contributed by atoms with Gasteiger partial charge in [0.1, 0.15) is 18.4 Å². The van der Waals surface area contributed by atoms with E-state index < -0.39 is 17.9 Å². The molecule has 32 heavy (non-hydrogen) atoms. The summed E-state index contributed by atoms with van der Waals surface area (Å²) in [6.07, 6.45) is 5.71. The van der Waals surface area contributed by atoms with Crippen molar-refractivity contribution >= 4 is 23.6 Å². The van der Waals surface area contributed by atoms with Gasteiger partial charge in [0.2, 0.25) is 0 Å². The Balaban J connectivity index is 1.91. The van der Waals surface area contributed by atoms with Crippen molar-refractivity contribution < 1.29 is 19.4 Å². The number of aryl methyl sites for hydroxylation is 1. The predicted octanol–water partition coefficient (Wildman–Crippen LogP) is 4.57. The maximum atomic E-state index is 13.1. The average molecular weight is 451 g/mol. The summed E-state index contributed by atoms with van der Waals surface area (Å²) in [5, 5.41) is 12.2. The molecule has 6 nitrogen and oxygen atoms in total. The predicted molar refractivity (Wildman–Crippen MR) is 127 cm³/mol. The number of hydrogen-bond donors (Lipinski definition) is 2. The summed E-state index contributed by atoms with van der Waals surface area (Å²) >= 11 is 1.54. The Bertz CT molecular complexity index is 1070. The van der Waals surface area contributed by atoms with Gasteiger partial charge in [-0.2, -0.15) is 11.8 Å². The number of aromatic nitrogens is 1. The van der Waals surface area contributed by atoms with Crippen LogP contribution < -0.4 is 10.1 Å². The lowest BCUT2D eigenvalue weighted by molar-refractivity contribution is -0.139. The van der Waals surface area contributed by atoms with Crippen molar-refractivity contribution in [3.8, 4) is 16.9 Å². The van der Waals surface area contributed by atoms with Gasteiger partial charge in [0.05, 0.1) is 0 Å². The van der Waals surface area contributed by atoms with Crippen LogP contribution in [0.25, 0.3) is 11.1 Å². The number of carboxylic acid groups (broad SMARTS) is 1. The average Bonchev–Trinajstić information content (AvgIpc) is 2.81. The second kappa shape index (κ2) is 11.3. The third kappa shape index (κ3) is 6.11. The summed E-state index contributed by atoms with van der Waals surface area (Å²) < 4.78 is 5.93. The molecule has 0 fully saturated rings. The van der Waals surface area contributed by atoms with Crippen LogP contribution in [0.3, 0.4) is 0 Å². The summed E-state index contributed by atoms with van der Waals surface area (Å²) in [7, 11) is 0. The number of benzene rings is 2. The Morgan fingerprint density at radius 2 is 1.94 bits per heavy atom. The van der Waals surface area contributed by atoms with Gasteiger partial charge < -0.3 is 15.2 Å². The summed E-state index contributed by atoms with van der Waals surface area (Å²) in [6.45, 7) is 2.32. The number of carbonyl (C=O) groups is 2. The summed E-state index contributed by atoms with van der Waals surface area (Å²) in [5.41, 5.74) is 3.93. The molecule has 7 heteroatoms. The first-order valence-corrected chi connectivity index (χ1v) is 11.6. The minimum atomic E-state index is -1.04. The molecule has 1 aromatic heterocycles. The Morgan fingerprint density at radius 3 is 2.62 bits per heavy atom. The molecule has 0 bridgehead atoms. The number of pyridine rings is 1. The number of rotatable bonds is 10. The fourth-order valence-electron chi connectivity index (χ4n) is 3.29. The molecule has 0 saturated carbocycles. The van der Waals surface area contributed by atoms with Gasteiger partial charge >= 0.3 is 5.97 Å². The zero-order valence-corrected chi connectivity index (χ0v) is 18.9. The molecule has 1 heterocycles. The van der Waals surface area contributed by atoms with Crippen molar-refractivity contribution in [3.63, 3.8) is 0 Å². The van der Waals surface area contributed by atoms with E-state index in [0.29, 0.717) is 35.7 Å². The fraction of sp³-hybridized carbons (Fsp3) is 0.240. The zero-order chi connectivity index (χ0) is 22.9. The highest BCUT2D eigenvalue weighted by atomic mass is 32.2. The van der Waals surface area contributed by atoms with Crippen LogP contribution in [-0.4, -0.2) is 40.0 Å². The lowest BCUT2D eigenvalue weighted by atomic mass is 9.95. The smallest absolute Gasteiger partial charge is 0.326 e. The molecule has 0 aliphatic rings. The van der Waals surface area contributed by atoms with Gasteiger partial charge in [-0.15, -0.1) is 0 Å². The van der Waals surface area contributed by atoms with Crippen LogP contribution >= 0.6 is 11.8 Å². The Hall–Kier alpha value is -3.32. The first-order valence-electron chi connectivity index (χ1n) is 10.2. The number of ether oxygens (including phenoxy) is 1. The number of carboxylic acids is 1. The second-order valence-corrected chi connectivity index (χ2v) is 8.30. The third-order valence-electron chi connectivity index (χ3n) is 5.01. The van der Waals surface area contributed by atoms with Crippen LogP contribution in [-0.2, 0) is 11.4 Å². The molecule has 0 aliphatic heterocycles. The number of aliphatic carboxylic acids is 1. The highest BCUT2D eigenvalue weighted by Gasteiger charge is 2.23. The van der Waals surface area contributed by atoms with Crippen LogP contribution in [0.1, 0.15) is 27.9 Å². The minimum absolute atomic E-state index is 0.350. The number of nitrogens with zero attached hydrogens (tertiary/aromatic N) is 1. The maximum Gasteiger partial charge on any atom is 0.326 e. The van der Waals surface area contributed by atoms with Gasteiger partial charge in [0.25, 0.3) is 5.91 Å². The lowest BCUT2D eigenvalue weighted by Gasteiger charge is -2.18. The van der Waals surface area contributed by atoms with E-state index in [0.717, 1.165) is 16.7 Å². The van der Waals surface area contributed by atoms with E-state index in [-0.39, 0.29) is 0 Å². The normalized spacial score (nSPS) is 11.6. The Labute approximate surface area is 192 Å². The zero-order valence-electron chi connectivity index (χ0n) is 18.1. The number of hydrogen-bond acceptors (Lipinski definition) is 5. The van der Waals surface area contributed by atoms with E-state index in [1.54, 1.807) is 36.3 Å². The van der Waals surface area contributed by atoms with Gasteiger partial charge in [-0.1, -0.05) is 30.3 Å². The number of thioether (sulfide) groups is 1. The topological polar surface area (TPSA) is 88.5 Å². The molecule has 1 atom stereocenters. The van der Waals surface area contributed by atoms with Gasteiger partial charge in [-0.3, -0.25) is 9.78 Å². The van der Waals surface area contributed by atoms with E-state index >= 15 is 0 Å². The van der Waals surface area contributed by atoms with Crippen molar-refractivity contribution in [1.82, 2.24) is 10.3 Å². The molecule has 2 N–H and O–H groups in total. The quantitative estimate of drug-likeness (QED) is 0.470. The largest absolute Gasteiger partial charge is 0.489 e. The highest BCUT2D eigenvalue weighted by Crippen LogP contribution is 2.31. The van der Waals surface area contributed by atoms with Crippen LogP contribution in [0.15, 0.2) is 67.0 Å². The van der Waals surface area contributed by atoms with Crippen molar-refractivity contribution in [2.75, 3.05) is 12.0 Å². The molecule has 2 aromatic carbocycles. The first-order chi connectivity index (χ1) is 15.5. The van der Waals surface area contributed by atoms with E-state index in [2.05, 4.69) is 10.3 Å². The van der Waals surface area contributed by atoms with E-state index in [1.165, 1.54) is 0 Å². The number of nitrogens with one attached hydrogen (secondary N) is 1. The second-order valence-electron chi connectivity index (χ2n) is 7.32. The van der Waals surface area contributed by atoms with Gasteiger partial charge in [0, 0.05) is 23.5 Å². The molecule has 1 amide bonds. The standard InChI is InChI=1S/C25H26N2O4S/c1-17-6-3-4-8-20(17)22-14-19(31-16-18-7-5-12-26-15-18)9-10-21(22)24(28)27-23(25(29)30)11-13-32-2/h3-10,12,14-15,23H,11,13,16H2,1-2H3,(H,27,28)(H,29,30). The molecular formula is C25H26N2O4S. The van der Waals surface area contributed by atoms with E-state index in [9.17, 15) is 14.7 Å². The summed E-state index contributed by atoms with van der Waals surface area (Å²) in [5.74, 6) is -0.208. The molecule has 0 saturated heterocycles. The molecule has 0 radical (unpaired) electrons. The lowest BCUT2D eigenvalue weighted by Crippen LogP contribution is -2.41. The molecular weight excluding hydrogens is 424 g/mol. The maximum absolute atomic E-state index is 13.1. The van der Waals surface area contributed by atoms with Crippen LogP contribution in [0, 0.1) is 6.92 Å². The summed E-state index contributed by atoms with van der Waals surface area (Å²) in [4.78, 5) is 28.8. The molecule has 0 spiro atoms. The van der Waals surface area contributed by atoms with Crippen molar-refractivity contribution in [1.29, 1.82) is 0 Å². The third-order valence-corrected chi connectivity index (χ3v) is 5.66. The van der Waals surface area contributed by atoms with Gasteiger partial charge in [-0.25, -0.2) is 4.79 Å². The monoisotopic (exact) mass is 450 g/mol. The SMILES string of the molecule is CSCCC(NC(=O)c1ccc(OCc2cccnc2)cc1-c1ccccc1C)C(=O)O. The highest BCUT2D eigenvalue weighted by molar-refractivity contribution is 7.98. The fourth-order valence-corrected chi connectivity index (χ4v) is 3.76. The van der Waals surface area contributed by atoms with Crippen molar-refractivity contribution in [3.05, 3.63) is 83.7 Å².